The summed E-state index contributed by atoms with van der Waals surface area (Å²) in [5, 5.41) is 0. The van der Waals surface area contributed by atoms with Crippen LogP contribution < -0.4 is 24.8 Å². The minimum atomic E-state index is 0. The van der Waals surface area contributed by atoms with Crippen LogP contribution in [0.3, 0.4) is 0 Å². The summed E-state index contributed by atoms with van der Waals surface area (Å²) in [6, 6.07) is 24.7. The normalized spacial score (nSPS) is 10.1. The van der Waals surface area contributed by atoms with Crippen molar-refractivity contribution < 1.29 is 50.7 Å². The summed E-state index contributed by atoms with van der Waals surface area (Å²) in [6.07, 6.45) is 1.05. The van der Waals surface area contributed by atoms with Gasteiger partial charge in [-0.25, -0.2) is 6.07 Å². The van der Waals surface area contributed by atoms with Crippen molar-refractivity contribution in [2.75, 3.05) is 0 Å². The molecule has 0 amide bonds. The summed E-state index contributed by atoms with van der Waals surface area (Å²) in [6.45, 7) is 14.8. The van der Waals surface area contributed by atoms with Gasteiger partial charge in [-0.15, -0.1) is 18.7 Å². The standard InChI is InChI=1S/C13H9.C10H15.C2H4.2ClH.Hf/c1-3-7-12-10(5-1)9-11-6-2-4-8-13(11)12;1-8-5-6-9(7-8)10(2,3)4;1-2;;;/h1-5,7-8H,9H2;5-7H,1-4H3;1-2H2;2*1H;/q2*-1;;;;+4/p-2. The molecule has 0 saturated carbocycles. The van der Waals surface area contributed by atoms with Crippen molar-refractivity contribution in [3.05, 3.63) is 102 Å². The first-order chi connectivity index (χ1) is 11.9. The Morgan fingerprint density at radius 1 is 0.964 bits per heavy atom. The minimum Gasteiger partial charge on any atom is -1.00 e. The van der Waals surface area contributed by atoms with Gasteiger partial charge in [-0.05, 0) is 6.42 Å². The second kappa shape index (κ2) is 13.2. The van der Waals surface area contributed by atoms with E-state index in [2.05, 4.69) is 102 Å². The van der Waals surface area contributed by atoms with Gasteiger partial charge in [0.15, 0.2) is 0 Å². The third-order valence-corrected chi connectivity index (χ3v) is 4.39. The maximum Gasteiger partial charge on any atom is 4.00 e. The smallest absolute Gasteiger partial charge is 1.00 e. The van der Waals surface area contributed by atoms with Crippen LogP contribution in [0.4, 0.5) is 0 Å². The number of hydrogen-bond acceptors (Lipinski definition) is 0. The summed E-state index contributed by atoms with van der Waals surface area (Å²) in [5.74, 6) is 0. The molecule has 28 heavy (non-hydrogen) atoms. The van der Waals surface area contributed by atoms with Crippen molar-refractivity contribution >= 4 is 0 Å². The quantitative estimate of drug-likeness (QED) is 0.165. The molecule has 0 spiro atoms. The van der Waals surface area contributed by atoms with Gasteiger partial charge in [0.25, 0.3) is 0 Å². The fraction of sp³-hybridized carbons (Fsp3) is 0.240. The second-order valence-corrected chi connectivity index (χ2v) is 7.32. The maximum absolute atomic E-state index is 3.30. The molecular formula is C25H28Cl2Hf. The van der Waals surface area contributed by atoms with Crippen LogP contribution >= 0.6 is 0 Å². The Hall–Kier alpha value is -1.02. The fourth-order valence-corrected chi connectivity index (χ4v) is 3.03. The molecule has 0 unspecified atom stereocenters. The molecule has 3 heteroatoms. The van der Waals surface area contributed by atoms with E-state index in [1.807, 2.05) is 6.07 Å². The van der Waals surface area contributed by atoms with E-state index in [9.17, 15) is 0 Å². The van der Waals surface area contributed by atoms with Crippen molar-refractivity contribution in [3.63, 3.8) is 0 Å². The molecule has 0 atom stereocenters. The summed E-state index contributed by atoms with van der Waals surface area (Å²) >= 11 is 0. The van der Waals surface area contributed by atoms with Gasteiger partial charge < -0.3 is 24.8 Å². The van der Waals surface area contributed by atoms with E-state index in [1.54, 1.807) is 0 Å². The van der Waals surface area contributed by atoms with E-state index in [4.69, 9.17) is 0 Å². The van der Waals surface area contributed by atoms with Gasteiger partial charge in [-0.1, -0.05) is 68.5 Å². The van der Waals surface area contributed by atoms with Crippen LogP contribution in [0.5, 0.6) is 0 Å². The molecule has 1 aliphatic carbocycles. The van der Waals surface area contributed by atoms with E-state index in [1.165, 1.54) is 33.4 Å². The van der Waals surface area contributed by atoms with Gasteiger partial charge in [0, 0.05) is 0 Å². The Balaban J connectivity index is 0. The van der Waals surface area contributed by atoms with Crippen LogP contribution in [0, 0.1) is 13.0 Å². The van der Waals surface area contributed by atoms with E-state index < -0.39 is 0 Å². The van der Waals surface area contributed by atoms with Crippen LogP contribution in [0.25, 0.3) is 11.1 Å². The monoisotopic (exact) mass is 578 g/mol. The third kappa shape index (κ3) is 7.43. The van der Waals surface area contributed by atoms with Gasteiger partial charge in [-0.2, -0.15) is 53.1 Å². The first-order valence-electron chi connectivity index (χ1n) is 8.77. The van der Waals surface area contributed by atoms with Gasteiger partial charge in [0.05, 0.1) is 0 Å². The summed E-state index contributed by atoms with van der Waals surface area (Å²) in [4.78, 5) is 0. The van der Waals surface area contributed by atoms with Gasteiger partial charge >= 0.3 is 25.8 Å². The summed E-state index contributed by atoms with van der Waals surface area (Å²) < 4.78 is 0. The molecule has 0 saturated heterocycles. The molecule has 0 aliphatic heterocycles. The third-order valence-electron chi connectivity index (χ3n) is 4.39. The van der Waals surface area contributed by atoms with Crippen molar-refractivity contribution in [2.45, 2.75) is 39.5 Å². The predicted molar refractivity (Wildman–Crippen MR) is 110 cm³/mol. The Morgan fingerprint density at radius 3 is 2.11 bits per heavy atom. The Morgan fingerprint density at radius 2 is 1.57 bits per heavy atom. The average molecular weight is 578 g/mol. The molecule has 146 valence electrons. The number of fused-ring (bicyclic) bond motifs is 3. The van der Waals surface area contributed by atoms with Gasteiger partial charge in [0.2, 0.25) is 0 Å². The van der Waals surface area contributed by atoms with Crippen molar-refractivity contribution in [1.29, 1.82) is 0 Å². The van der Waals surface area contributed by atoms with Crippen molar-refractivity contribution in [1.82, 2.24) is 0 Å². The fourth-order valence-electron chi connectivity index (χ4n) is 3.03. The molecule has 4 rings (SSSR count). The maximum atomic E-state index is 3.30. The van der Waals surface area contributed by atoms with Crippen molar-refractivity contribution in [2.24, 2.45) is 0 Å². The molecule has 0 radical (unpaired) electrons. The van der Waals surface area contributed by atoms with Crippen LogP contribution in [0.1, 0.15) is 43.0 Å². The molecule has 0 bridgehead atoms. The summed E-state index contributed by atoms with van der Waals surface area (Å²) in [7, 11) is 0. The van der Waals surface area contributed by atoms with Crippen LogP contribution in [0.2, 0.25) is 0 Å². The first-order valence-corrected chi connectivity index (χ1v) is 8.77. The molecule has 1 aliphatic rings. The number of halogens is 2. The number of hydrogen-bond donors (Lipinski definition) is 0. The molecule has 0 N–H and O–H groups in total. The first kappa shape index (κ1) is 29.2. The summed E-state index contributed by atoms with van der Waals surface area (Å²) in [5.41, 5.74) is 8.62. The number of rotatable bonds is 0. The zero-order chi connectivity index (χ0) is 18.4. The van der Waals surface area contributed by atoms with E-state index in [0.717, 1.165) is 6.42 Å². The van der Waals surface area contributed by atoms with Gasteiger partial charge in [-0.3, -0.25) is 0 Å². The Bertz CT molecular complexity index is 785. The van der Waals surface area contributed by atoms with E-state index in [0.29, 0.717) is 5.41 Å². The predicted octanol–water partition coefficient (Wildman–Crippen LogP) is 0.877. The number of aryl methyl sites for hydroxylation is 1. The molecule has 3 aromatic rings. The van der Waals surface area contributed by atoms with Crippen LogP contribution in [0.15, 0.2) is 73.8 Å². The topological polar surface area (TPSA) is 0 Å². The molecule has 0 heterocycles. The second-order valence-electron chi connectivity index (χ2n) is 7.32. The van der Waals surface area contributed by atoms with E-state index in [-0.39, 0.29) is 50.7 Å². The zero-order valence-electron chi connectivity index (χ0n) is 17.2. The molecule has 0 nitrogen and oxygen atoms in total. The molecule has 3 aromatic carbocycles. The molecule has 0 fully saturated rings. The van der Waals surface area contributed by atoms with E-state index >= 15 is 0 Å². The molecule has 0 aromatic heterocycles. The minimum absolute atomic E-state index is 0. The average Bonchev–Trinajstić information content (AvgIpc) is 3.20. The number of benzene rings is 2. The van der Waals surface area contributed by atoms with Crippen LogP contribution in [-0.2, 0) is 37.7 Å². The largest absolute Gasteiger partial charge is 4.00 e. The van der Waals surface area contributed by atoms with Crippen LogP contribution in [-0.4, -0.2) is 0 Å². The SMILES string of the molecule is C=C.Cc1cc(C(C)(C)C)c[cH-]1.[Cl-].[Cl-].[Hf+4].[c-]1cccc2c1Cc1ccccc1-2. The Kier molecular flexibility index (Phi) is 13.8. The van der Waals surface area contributed by atoms with Gasteiger partial charge in [0.1, 0.15) is 0 Å². The van der Waals surface area contributed by atoms with Crippen molar-refractivity contribution in [3.8, 4) is 11.1 Å². The Labute approximate surface area is 202 Å². The zero-order valence-corrected chi connectivity index (χ0v) is 22.3. The molecular weight excluding hydrogens is 550 g/mol.